The average Bonchev–Trinajstić information content (AvgIpc) is 2.66. The zero-order valence-electron chi connectivity index (χ0n) is 9.68. The molecule has 0 bridgehead atoms. The van der Waals surface area contributed by atoms with E-state index in [0.29, 0.717) is 11.1 Å². The molecule has 1 amide bonds. The van der Waals surface area contributed by atoms with Crippen LogP contribution in [0.25, 0.3) is 0 Å². The monoisotopic (exact) mass is 477 g/mol. The zero-order chi connectivity index (χ0) is 13.6. The summed E-state index contributed by atoms with van der Waals surface area (Å²) >= 11 is 4.38. The number of anilines is 1. The van der Waals surface area contributed by atoms with Crippen LogP contribution in [0.4, 0.5) is 5.69 Å². The van der Waals surface area contributed by atoms with Crippen molar-refractivity contribution in [2.24, 2.45) is 0 Å². The summed E-state index contributed by atoms with van der Waals surface area (Å²) in [6, 6.07) is 13.0. The molecule has 0 fully saturated rings. The number of amides is 1. The van der Waals surface area contributed by atoms with Crippen LogP contribution in [0.2, 0.25) is 0 Å². The van der Waals surface area contributed by atoms with Gasteiger partial charge in [-0.25, -0.2) is 0 Å². The molecule has 1 unspecified atom stereocenters. The van der Waals surface area contributed by atoms with Crippen molar-refractivity contribution >= 4 is 56.8 Å². The summed E-state index contributed by atoms with van der Waals surface area (Å²) < 4.78 is 1.97. The predicted octanol–water partition coefficient (Wildman–Crippen LogP) is 3.55. The highest BCUT2D eigenvalue weighted by atomic mass is 127. The van der Waals surface area contributed by atoms with Gasteiger partial charge in [0.15, 0.2) is 6.23 Å². The number of benzene rings is 2. The van der Waals surface area contributed by atoms with Gasteiger partial charge in [-0.2, -0.15) is 0 Å². The normalized spacial score (nSPS) is 17.7. The fourth-order valence-electron chi connectivity index (χ4n) is 2.21. The van der Waals surface area contributed by atoms with Gasteiger partial charge in [0.25, 0.3) is 5.91 Å². The van der Waals surface area contributed by atoms with Crippen LogP contribution >= 0.6 is 45.2 Å². The number of halogens is 2. The van der Waals surface area contributed by atoms with Gasteiger partial charge in [0.2, 0.25) is 0 Å². The Morgan fingerprint density at radius 3 is 2.58 bits per heavy atom. The van der Waals surface area contributed by atoms with Crippen molar-refractivity contribution in [3.63, 3.8) is 0 Å². The lowest BCUT2D eigenvalue weighted by Crippen LogP contribution is -2.28. The maximum Gasteiger partial charge on any atom is 0.261 e. The summed E-state index contributed by atoms with van der Waals surface area (Å²) in [6.07, 6.45) is -0.907. The Labute approximate surface area is 137 Å². The maximum atomic E-state index is 12.4. The first-order valence-electron chi connectivity index (χ1n) is 5.65. The number of nitrogens with zero attached hydrogens (tertiary/aromatic N) is 1. The minimum Gasteiger partial charge on any atom is -0.369 e. The van der Waals surface area contributed by atoms with E-state index in [9.17, 15) is 9.90 Å². The van der Waals surface area contributed by atoms with Crippen LogP contribution in [0, 0.1) is 7.14 Å². The van der Waals surface area contributed by atoms with Crippen LogP contribution in [0.3, 0.4) is 0 Å². The van der Waals surface area contributed by atoms with Gasteiger partial charge in [0, 0.05) is 18.3 Å². The molecule has 0 radical (unpaired) electrons. The quantitative estimate of drug-likeness (QED) is 0.639. The van der Waals surface area contributed by atoms with E-state index in [2.05, 4.69) is 45.2 Å². The second-order valence-electron chi connectivity index (χ2n) is 4.23. The number of rotatable bonds is 1. The minimum absolute atomic E-state index is 0.150. The molecule has 3 nitrogen and oxygen atoms in total. The minimum atomic E-state index is -0.907. The third-order valence-corrected chi connectivity index (χ3v) is 4.68. The molecule has 0 saturated heterocycles. The summed E-state index contributed by atoms with van der Waals surface area (Å²) in [7, 11) is 0. The maximum absolute atomic E-state index is 12.4. The van der Waals surface area contributed by atoms with E-state index < -0.39 is 6.23 Å². The van der Waals surface area contributed by atoms with Crippen LogP contribution in [-0.2, 0) is 0 Å². The van der Waals surface area contributed by atoms with Crippen molar-refractivity contribution in [2.45, 2.75) is 6.23 Å². The Morgan fingerprint density at radius 2 is 1.84 bits per heavy atom. The van der Waals surface area contributed by atoms with Crippen LogP contribution in [0.5, 0.6) is 0 Å². The Hall–Kier alpha value is -0.670. The second kappa shape index (κ2) is 5.02. The molecule has 3 rings (SSSR count). The fourth-order valence-corrected chi connectivity index (χ4v) is 3.28. The number of hydrogen-bond donors (Lipinski definition) is 1. The van der Waals surface area contributed by atoms with Crippen molar-refractivity contribution in [1.82, 2.24) is 0 Å². The zero-order valence-corrected chi connectivity index (χ0v) is 14.0. The first-order valence-corrected chi connectivity index (χ1v) is 7.81. The largest absolute Gasteiger partial charge is 0.369 e. The van der Waals surface area contributed by atoms with E-state index in [1.807, 2.05) is 30.3 Å². The van der Waals surface area contributed by atoms with E-state index in [1.165, 1.54) is 4.90 Å². The highest BCUT2D eigenvalue weighted by Gasteiger charge is 2.37. The lowest BCUT2D eigenvalue weighted by atomic mass is 10.1. The van der Waals surface area contributed by atoms with Gasteiger partial charge in [0.05, 0.1) is 5.69 Å². The number of aliphatic hydroxyl groups excluding tert-OH is 1. The molecule has 19 heavy (non-hydrogen) atoms. The SMILES string of the molecule is O=C1c2ccccc2C(O)N1c1cc(I)ccc1I. The van der Waals surface area contributed by atoms with E-state index >= 15 is 0 Å². The Balaban J connectivity index is 2.14. The van der Waals surface area contributed by atoms with E-state index in [0.717, 1.165) is 12.8 Å². The van der Waals surface area contributed by atoms with Crippen LogP contribution < -0.4 is 4.90 Å². The highest BCUT2D eigenvalue weighted by Crippen LogP contribution is 2.38. The van der Waals surface area contributed by atoms with E-state index in [4.69, 9.17) is 0 Å². The molecule has 0 saturated carbocycles. The predicted molar refractivity (Wildman–Crippen MR) is 90.1 cm³/mol. The highest BCUT2D eigenvalue weighted by molar-refractivity contribution is 14.1. The number of fused-ring (bicyclic) bond motifs is 1. The van der Waals surface area contributed by atoms with Gasteiger partial charge in [-0.05, 0) is 69.4 Å². The van der Waals surface area contributed by atoms with Gasteiger partial charge in [0.1, 0.15) is 0 Å². The first kappa shape index (κ1) is 13.3. The molecule has 2 aromatic carbocycles. The first-order chi connectivity index (χ1) is 9.09. The summed E-state index contributed by atoms with van der Waals surface area (Å²) in [5, 5.41) is 10.4. The van der Waals surface area contributed by atoms with Crippen LogP contribution in [0.15, 0.2) is 42.5 Å². The molecular formula is C14H9I2NO2. The third kappa shape index (κ3) is 2.17. The molecule has 1 atom stereocenters. The van der Waals surface area contributed by atoms with Crippen LogP contribution in [-0.4, -0.2) is 11.0 Å². The number of hydrogen-bond acceptors (Lipinski definition) is 2. The van der Waals surface area contributed by atoms with Gasteiger partial charge in [-0.3, -0.25) is 9.69 Å². The lowest BCUT2D eigenvalue weighted by molar-refractivity contribution is 0.0935. The van der Waals surface area contributed by atoms with Gasteiger partial charge >= 0.3 is 0 Å². The molecule has 2 aromatic rings. The molecule has 1 N–H and O–H groups in total. The molecular weight excluding hydrogens is 468 g/mol. The van der Waals surface area contributed by atoms with E-state index in [1.54, 1.807) is 12.1 Å². The van der Waals surface area contributed by atoms with Crippen molar-refractivity contribution in [3.05, 3.63) is 60.7 Å². The van der Waals surface area contributed by atoms with Crippen molar-refractivity contribution < 1.29 is 9.90 Å². The number of carbonyl (C=O) groups excluding carboxylic acids is 1. The topological polar surface area (TPSA) is 40.5 Å². The van der Waals surface area contributed by atoms with Crippen molar-refractivity contribution in [3.8, 4) is 0 Å². The Bertz CT molecular complexity index is 672. The van der Waals surface area contributed by atoms with Gasteiger partial charge in [-0.15, -0.1) is 0 Å². The molecule has 0 aliphatic carbocycles. The summed E-state index contributed by atoms with van der Waals surface area (Å²) in [4.78, 5) is 13.9. The lowest BCUT2D eigenvalue weighted by Gasteiger charge is -2.22. The fraction of sp³-hybridized carbons (Fsp3) is 0.0714. The molecule has 5 heteroatoms. The third-order valence-electron chi connectivity index (χ3n) is 3.10. The smallest absolute Gasteiger partial charge is 0.261 e. The summed E-state index contributed by atoms with van der Waals surface area (Å²) in [5.74, 6) is -0.150. The second-order valence-corrected chi connectivity index (χ2v) is 6.64. The van der Waals surface area contributed by atoms with Gasteiger partial charge in [-0.1, -0.05) is 18.2 Å². The Kier molecular flexibility index (Phi) is 3.52. The average molecular weight is 477 g/mol. The summed E-state index contributed by atoms with van der Waals surface area (Å²) in [6.45, 7) is 0. The Morgan fingerprint density at radius 1 is 1.11 bits per heavy atom. The summed E-state index contributed by atoms with van der Waals surface area (Å²) in [5.41, 5.74) is 1.99. The molecule has 0 aromatic heterocycles. The van der Waals surface area contributed by atoms with Crippen molar-refractivity contribution in [2.75, 3.05) is 4.90 Å². The number of aliphatic hydroxyl groups is 1. The number of carbonyl (C=O) groups is 1. The van der Waals surface area contributed by atoms with Gasteiger partial charge < -0.3 is 5.11 Å². The van der Waals surface area contributed by atoms with E-state index in [-0.39, 0.29) is 5.91 Å². The standard InChI is InChI=1S/C14H9I2NO2/c15-8-5-6-11(16)12(7-8)17-13(18)9-3-1-2-4-10(9)14(17)19/h1-7,13,18H. The molecule has 1 heterocycles. The van der Waals surface area contributed by atoms with Crippen LogP contribution in [0.1, 0.15) is 22.1 Å². The molecule has 1 aliphatic heterocycles. The molecule has 96 valence electrons. The van der Waals surface area contributed by atoms with Crippen molar-refractivity contribution in [1.29, 1.82) is 0 Å². The molecule has 0 spiro atoms. The molecule has 1 aliphatic rings.